The number of carbonyl (C=O) groups is 1. The third kappa shape index (κ3) is 3.34. The minimum absolute atomic E-state index is 0.0368. The van der Waals surface area contributed by atoms with E-state index in [0.29, 0.717) is 29.7 Å². The molecule has 2 saturated carbocycles. The van der Waals surface area contributed by atoms with Gasteiger partial charge >= 0.3 is 0 Å². The smallest absolute Gasteiger partial charge is 0.259 e. The Morgan fingerprint density at radius 1 is 1.31 bits per heavy atom. The van der Waals surface area contributed by atoms with Gasteiger partial charge in [-0.2, -0.15) is 0 Å². The van der Waals surface area contributed by atoms with Crippen molar-refractivity contribution in [1.82, 2.24) is 15.5 Å². The largest absolute Gasteiger partial charge is 0.349 e. The molecule has 1 amide bonds. The molecule has 140 valence electrons. The lowest BCUT2D eigenvalue weighted by molar-refractivity contribution is 0.0909. The summed E-state index contributed by atoms with van der Waals surface area (Å²) in [6, 6.07) is 2.12. The van der Waals surface area contributed by atoms with Gasteiger partial charge in [0.05, 0.1) is 16.6 Å². The van der Waals surface area contributed by atoms with Gasteiger partial charge in [0, 0.05) is 17.7 Å². The lowest BCUT2D eigenvalue weighted by atomic mass is 9.84. The third-order valence-electron chi connectivity index (χ3n) is 5.79. The molecule has 3 N–H and O–H groups in total. The van der Waals surface area contributed by atoms with E-state index in [9.17, 15) is 4.79 Å². The second-order valence-corrected chi connectivity index (χ2v) is 7.79. The van der Waals surface area contributed by atoms with E-state index in [4.69, 9.17) is 10.3 Å². The number of pyridine rings is 1. The summed E-state index contributed by atoms with van der Waals surface area (Å²) in [5.41, 5.74) is 8.90. The highest BCUT2D eigenvalue weighted by molar-refractivity contribution is 6.06. The van der Waals surface area contributed by atoms with E-state index in [2.05, 4.69) is 22.4 Å². The number of aromatic nitrogens is 2. The van der Waals surface area contributed by atoms with Crippen molar-refractivity contribution >= 4 is 17.0 Å². The molecule has 0 radical (unpaired) electrons. The molecule has 0 saturated heterocycles. The molecule has 0 spiro atoms. The summed E-state index contributed by atoms with van der Waals surface area (Å²) >= 11 is 0. The molecule has 0 bridgehead atoms. The van der Waals surface area contributed by atoms with Crippen molar-refractivity contribution in [2.24, 2.45) is 11.7 Å². The number of fused-ring (bicyclic) bond motifs is 1. The fourth-order valence-electron chi connectivity index (χ4n) is 4.13. The summed E-state index contributed by atoms with van der Waals surface area (Å²) in [6.45, 7) is 2.72. The summed E-state index contributed by atoms with van der Waals surface area (Å²) in [6.07, 6.45) is 8.44. The Kier molecular flexibility index (Phi) is 4.94. The number of hydrogen-bond acceptors (Lipinski definition) is 5. The number of nitrogens with two attached hydrogens (primary N) is 1. The van der Waals surface area contributed by atoms with Crippen LogP contribution in [0.2, 0.25) is 0 Å². The Balaban J connectivity index is 1.68. The first-order valence-electron chi connectivity index (χ1n) is 10.0. The number of aryl methyl sites for hydroxylation is 1. The molecule has 2 atom stereocenters. The quantitative estimate of drug-likeness (QED) is 0.828. The maximum absolute atomic E-state index is 13.2. The minimum atomic E-state index is -0.0368. The number of hydrogen-bond donors (Lipinski definition) is 2. The second-order valence-electron chi connectivity index (χ2n) is 7.79. The fraction of sp³-hybridized carbons (Fsp3) is 0.650. The molecule has 6 heteroatoms. The van der Waals surface area contributed by atoms with E-state index in [-0.39, 0.29) is 11.9 Å². The monoisotopic (exact) mass is 356 g/mol. The summed E-state index contributed by atoms with van der Waals surface area (Å²) < 4.78 is 5.48. The van der Waals surface area contributed by atoms with Crippen molar-refractivity contribution in [2.45, 2.75) is 70.3 Å². The van der Waals surface area contributed by atoms with E-state index < -0.39 is 0 Å². The number of nitrogens with one attached hydrogen (secondary N) is 1. The summed E-state index contributed by atoms with van der Waals surface area (Å²) in [5, 5.41) is 8.23. The van der Waals surface area contributed by atoms with Crippen molar-refractivity contribution in [2.75, 3.05) is 6.54 Å². The van der Waals surface area contributed by atoms with Gasteiger partial charge in [0.2, 0.25) is 0 Å². The van der Waals surface area contributed by atoms with Crippen LogP contribution in [0.1, 0.15) is 79.5 Å². The Bertz CT molecular complexity index is 796. The molecule has 4 rings (SSSR count). The van der Waals surface area contributed by atoms with Gasteiger partial charge in [-0.15, -0.1) is 0 Å². The highest BCUT2D eigenvalue weighted by Gasteiger charge is 2.31. The van der Waals surface area contributed by atoms with Crippen LogP contribution in [0.5, 0.6) is 0 Å². The molecule has 2 aliphatic carbocycles. The zero-order valence-corrected chi connectivity index (χ0v) is 15.5. The highest BCUT2D eigenvalue weighted by Crippen LogP contribution is 2.40. The molecule has 2 aromatic rings. The van der Waals surface area contributed by atoms with Gasteiger partial charge < -0.3 is 15.6 Å². The molecule has 2 fully saturated rings. The molecule has 2 unspecified atom stereocenters. The molecule has 6 nitrogen and oxygen atoms in total. The first-order valence-corrected chi connectivity index (χ1v) is 10.0. The zero-order valence-electron chi connectivity index (χ0n) is 15.5. The van der Waals surface area contributed by atoms with Crippen LogP contribution < -0.4 is 11.1 Å². The van der Waals surface area contributed by atoms with Crippen molar-refractivity contribution in [3.63, 3.8) is 0 Å². The molecule has 26 heavy (non-hydrogen) atoms. The van der Waals surface area contributed by atoms with Crippen LogP contribution in [0, 0.1) is 5.92 Å². The molecule has 0 aromatic carbocycles. The Hall–Kier alpha value is -1.95. The van der Waals surface area contributed by atoms with Gasteiger partial charge in [0.1, 0.15) is 0 Å². The average Bonchev–Trinajstić information content (AvgIpc) is 3.44. The van der Waals surface area contributed by atoms with Crippen LogP contribution in [-0.4, -0.2) is 28.6 Å². The van der Waals surface area contributed by atoms with Crippen LogP contribution >= 0.6 is 0 Å². The molecular weight excluding hydrogens is 328 g/mol. The molecular formula is C20H28N4O2. The first kappa shape index (κ1) is 17.5. The van der Waals surface area contributed by atoms with Crippen LogP contribution in [0.3, 0.4) is 0 Å². The predicted octanol–water partition coefficient (Wildman–Crippen LogP) is 3.30. The van der Waals surface area contributed by atoms with Gasteiger partial charge in [0.15, 0.2) is 0 Å². The Morgan fingerprint density at radius 2 is 2.12 bits per heavy atom. The molecule has 2 aromatic heterocycles. The van der Waals surface area contributed by atoms with Crippen molar-refractivity contribution in [1.29, 1.82) is 0 Å². The average molecular weight is 356 g/mol. The molecule has 0 aliphatic heterocycles. The van der Waals surface area contributed by atoms with Gasteiger partial charge in [-0.1, -0.05) is 31.3 Å². The van der Waals surface area contributed by atoms with E-state index in [1.165, 1.54) is 6.42 Å². The van der Waals surface area contributed by atoms with Crippen molar-refractivity contribution in [3.8, 4) is 0 Å². The normalized spacial score (nSPS) is 23.3. The minimum Gasteiger partial charge on any atom is -0.349 e. The van der Waals surface area contributed by atoms with Gasteiger partial charge in [0.25, 0.3) is 11.6 Å². The number of amides is 1. The fourth-order valence-corrected chi connectivity index (χ4v) is 4.13. The standard InChI is InChI=1S/C20H28N4O2/c1-2-5-16-18-14(10-17(12-8-9-12)23-20(18)26-24-16)19(25)22-15-7-4-3-6-13(15)11-21/h10,12-13,15H,2-9,11,21H2,1H3,(H,22,25). The maximum atomic E-state index is 13.2. The zero-order chi connectivity index (χ0) is 18.1. The first-order chi connectivity index (χ1) is 12.7. The summed E-state index contributed by atoms with van der Waals surface area (Å²) in [4.78, 5) is 17.8. The topological polar surface area (TPSA) is 94.0 Å². The Labute approximate surface area is 153 Å². The second kappa shape index (κ2) is 7.35. The highest BCUT2D eigenvalue weighted by atomic mass is 16.5. The van der Waals surface area contributed by atoms with Crippen LogP contribution in [0.15, 0.2) is 10.6 Å². The number of rotatable bonds is 6. The lowest BCUT2D eigenvalue weighted by Crippen LogP contribution is -2.44. The van der Waals surface area contributed by atoms with Gasteiger partial charge in [-0.25, -0.2) is 4.98 Å². The summed E-state index contributed by atoms with van der Waals surface area (Å²) in [7, 11) is 0. The summed E-state index contributed by atoms with van der Waals surface area (Å²) in [5.74, 6) is 0.785. The van der Waals surface area contributed by atoms with Crippen molar-refractivity contribution < 1.29 is 9.32 Å². The number of carbonyl (C=O) groups excluding carboxylic acids is 1. The maximum Gasteiger partial charge on any atom is 0.259 e. The third-order valence-corrected chi connectivity index (χ3v) is 5.79. The van der Waals surface area contributed by atoms with Gasteiger partial charge in [-0.3, -0.25) is 4.79 Å². The van der Waals surface area contributed by atoms with Crippen molar-refractivity contribution in [3.05, 3.63) is 23.0 Å². The number of nitrogens with zero attached hydrogens (tertiary/aromatic N) is 2. The van der Waals surface area contributed by atoms with Gasteiger partial charge in [-0.05, 0) is 50.6 Å². The van der Waals surface area contributed by atoms with E-state index in [1.54, 1.807) is 0 Å². The van der Waals surface area contributed by atoms with Crippen LogP contribution in [-0.2, 0) is 6.42 Å². The van der Waals surface area contributed by atoms with Crippen LogP contribution in [0.4, 0.5) is 0 Å². The van der Waals surface area contributed by atoms with E-state index >= 15 is 0 Å². The Morgan fingerprint density at radius 3 is 2.85 bits per heavy atom. The predicted molar refractivity (Wildman–Crippen MR) is 100 cm³/mol. The molecule has 2 heterocycles. The SMILES string of the molecule is CCCc1noc2nc(C3CC3)cc(C(=O)NC3CCCCC3CN)c12. The molecule has 2 aliphatic rings. The van der Waals surface area contributed by atoms with Crippen LogP contribution in [0.25, 0.3) is 11.1 Å². The lowest BCUT2D eigenvalue weighted by Gasteiger charge is -2.31. The van der Waals surface area contributed by atoms with E-state index in [0.717, 1.165) is 61.7 Å². The van der Waals surface area contributed by atoms with E-state index in [1.807, 2.05) is 6.07 Å².